The molecule has 27 heavy (non-hydrogen) atoms. The third kappa shape index (κ3) is 3.97. The molecule has 0 N–H and O–H groups in total. The zero-order valence-corrected chi connectivity index (χ0v) is 15.6. The Balaban J connectivity index is 1.87. The molecule has 0 aliphatic rings. The topological polar surface area (TPSA) is 69.9 Å². The number of methoxy groups -OCH3 is 1. The Kier molecular flexibility index (Phi) is 5.50. The van der Waals surface area contributed by atoms with Gasteiger partial charge < -0.3 is 4.74 Å². The Hall–Kier alpha value is -2.81. The van der Waals surface area contributed by atoms with E-state index in [1.165, 1.54) is 10.7 Å². The summed E-state index contributed by atoms with van der Waals surface area (Å²) in [4.78, 5) is 12.5. The smallest absolute Gasteiger partial charge is 0.214 e. The third-order valence-electron chi connectivity index (χ3n) is 3.86. The van der Waals surface area contributed by atoms with Crippen LogP contribution in [0.5, 0.6) is 5.75 Å². The summed E-state index contributed by atoms with van der Waals surface area (Å²) in [6.45, 7) is 3.58. The summed E-state index contributed by atoms with van der Waals surface area (Å²) < 4.78 is 33.3. The number of carbonyl (C=O) groups excluding carboxylic acids is 1. The summed E-state index contributed by atoms with van der Waals surface area (Å²) in [5.41, 5.74) is 1.71. The minimum atomic E-state index is -1.06. The van der Waals surface area contributed by atoms with Crippen molar-refractivity contribution in [1.29, 1.82) is 0 Å². The molecule has 0 bridgehead atoms. The maximum Gasteiger partial charge on any atom is 0.214 e. The van der Waals surface area contributed by atoms with Gasteiger partial charge in [-0.3, -0.25) is 4.79 Å². The van der Waals surface area contributed by atoms with Crippen LogP contribution in [-0.2, 0) is 0 Å². The summed E-state index contributed by atoms with van der Waals surface area (Å²) in [6.07, 6.45) is 0. The summed E-state index contributed by atoms with van der Waals surface area (Å²) in [7, 11) is 1.54. The number of Topliss-reactive ketones (excluding diaryl/α,β-unsaturated/α-hetero) is 1. The molecule has 6 nitrogen and oxygen atoms in total. The van der Waals surface area contributed by atoms with Gasteiger partial charge in [-0.25, -0.2) is 8.78 Å². The van der Waals surface area contributed by atoms with Gasteiger partial charge in [-0.05, 0) is 60.2 Å². The molecule has 0 aliphatic heterocycles. The molecule has 0 aliphatic carbocycles. The van der Waals surface area contributed by atoms with Gasteiger partial charge in [-0.2, -0.15) is 4.68 Å². The number of nitrogens with zero attached hydrogens (tertiary/aromatic N) is 4. The number of hydrogen-bond acceptors (Lipinski definition) is 6. The van der Waals surface area contributed by atoms with E-state index in [9.17, 15) is 13.6 Å². The van der Waals surface area contributed by atoms with E-state index in [1.807, 2.05) is 19.1 Å². The summed E-state index contributed by atoms with van der Waals surface area (Å²) in [5.74, 6) is -1.84. The molecule has 140 valence electrons. The van der Waals surface area contributed by atoms with E-state index in [4.69, 9.17) is 4.74 Å². The monoisotopic (exact) mass is 390 g/mol. The number of ether oxygens (including phenoxy) is 1. The Morgan fingerprint density at radius 3 is 2.67 bits per heavy atom. The number of ketones is 1. The number of halogens is 2. The highest BCUT2D eigenvalue weighted by molar-refractivity contribution is 8.00. The van der Waals surface area contributed by atoms with Crippen molar-refractivity contribution in [2.24, 2.45) is 0 Å². The first-order valence-electron chi connectivity index (χ1n) is 8.00. The zero-order chi connectivity index (χ0) is 19.6. The van der Waals surface area contributed by atoms with E-state index >= 15 is 0 Å². The first-order valence-corrected chi connectivity index (χ1v) is 8.88. The molecule has 3 rings (SSSR count). The maximum absolute atomic E-state index is 13.4. The molecule has 0 saturated carbocycles. The first-order chi connectivity index (χ1) is 12.9. The van der Waals surface area contributed by atoms with Crippen molar-refractivity contribution in [2.75, 3.05) is 7.11 Å². The molecule has 9 heteroatoms. The van der Waals surface area contributed by atoms with Crippen LogP contribution < -0.4 is 4.74 Å². The van der Waals surface area contributed by atoms with Crippen molar-refractivity contribution >= 4 is 17.5 Å². The number of benzene rings is 2. The van der Waals surface area contributed by atoms with Gasteiger partial charge in [-0.1, -0.05) is 17.8 Å². The van der Waals surface area contributed by atoms with Crippen LogP contribution in [0.15, 0.2) is 41.6 Å². The van der Waals surface area contributed by atoms with Crippen molar-refractivity contribution < 1.29 is 18.3 Å². The fourth-order valence-corrected chi connectivity index (χ4v) is 3.34. The number of aryl methyl sites for hydroxylation is 1. The molecule has 0 amide bonds. The van der Waals surface area contributed by atoms with Crippen molar-refractivity contribution in [3.63, 3.8) is 0 Å². The standard InChI is InChI=1S/C18H16F2N4O2S/c1-10-4-7-16(26-3)15(8-10)24-18(21-22-23-24)27-11(2)17(25)12-5-6-13(19)14(20)9-12/h4-9,11H,1-3H3/t11-/m0/s1. The maximum atomic E-state index is 13.4. The molecule has 1 heterocycles. The van der Waals surface area contributed by atoms with Gasteiger partial charge in [0.1, 0.15) is 11.4 Å². The molecule has 1 atom stereocenters. The molecular weight excluding hydrogens is 374 g/mol. The lowest BCUT2D eigenvalue weighted by molar-refractivity contribution is 0.0993. The Labute approximate surface area is 158 Å². The highest BCUT2D eigenvalue weighted by Crippen LogP contribution is 2.29. The van der Waals surface area contributed by atoms with Crippen molar-refractivity contribution in [2.45, 2.75) is 24.3 Å². The largest absolute Gasteiger partial charge is 0.494 e. The van der Waals surface area contributed by atoms with E-state index in [0.717, 1.165) is 29.5 Å². The normalized spacial score (nSPS) is 12.0. The number of hydrogen-bond donors (Lipinski definition) is 0. The predicted octanol–water partition coefficient (Wildman–Crippen LogP) is 3.62. The van der Waals surface area contributed by atoms with Gasteiger partial charge >= 0.3 is 0 Å². The number of tetrazole rings is 1. The van der Waals surface area contributed by atoms with Gasteiger partial charge in [-0.15, -0.1) is 5.10 Å². The Morgan fingerprint density at radius 1 is 1.19 bits per heavy atom. The molecule has 0 spiro atoms. The second-order valence-electron chi connectivity index (χ2n) is 5.80. The van der Waals surface area contributed by atoms with Crippen LogP contribution in [0.2, 0.25) is 0 Å². The third-order valence-corrected chi connectivity index (χ3v) is 4.89. The van der Waals surface area contributed by atoms with E-state index in [-0.39, 0.29) is 11.3 Å². The molecule has 3 aromatic rings. The molecular formula is C18H16F2N4O2S. The van der Waals surface area contributed by atoms with E-state index in [2.05, 4.69) is 15.5 Å². The van der Waals surface area contributed by atoms with Gasteiger partial charge in [0.2, 0.25) is 5.16 Å². The predicted molar refractivity (Wildman–Crippen MR) is 96.5 cm³/mol. The fraction of sp³-hybridized carbons (Fsp3) is 0.222. The van der Waals surface area contributed by atoms with Gasteiger partial charge in [0.25, 0.3) is 0 Å². The fourth-order valence-electron chi connectivity index (χ4n) is 2.46. The van der Waals surface area contributed by atoms with E-state index in [0.29, 0.717) is 16.6 Å². The van der Waals surface area contributed by atoms with Crippen LogP contribution in [0.25, 0.3) is 5.69 Å². The van der Waals surface area contributed by atoms with E-state index in [1.54, 1.807) is 20.1 Å². The lowest BCUT2D eigenvalue weighted by atomic mass is 10.1. The van der Waals surface area contributed by atoms with Crippen molar-refractivity contribution in [3.8, 4) is 11.4 Å². The van der Waals surface area contributed by atoms with Crippen LogP contribution in [0, 0.1) is 18.6 Å². The zero-order valence-electron chi connectivity index (χ0n) is 14.8. The molecule has 2 aromatic carbocycles. The highest BCUT2D eigenvalue weighted by Gasteiger charge is 2.22. The van der Waals surface area contributed by atoms with Gasteiger partial charge in [0.15, 0.2) is 17.4 Å². The van der Waals surface area contributed by atoms with E-state index < -0.39 is 16.9 Å². The highest BCUT2D eigenvalue weighted by atomic mass is 32.2. The minimum Gasteiger partial charge on any atom is -0.494 e. The number of rotatable bonds is 6. The average molecular weight is 390 g/mol. The van der Waals surface area contributed by atoms with Gasteiger partial charge in [0, 0.05) is 5.56 Å². The number of aromatic nitrogens is 4. The lowest BCUT2D eigenvalue weighted by Crippen LogP contribution is -2.15. The summed E-state index contributed by atoms with van der Waals surface area (Å²) >= 11 is 1.12. The summed E-state index contributed by atoms with van der Waals surface area (Å²) in [6, 6.07) is 8.64. The average Bonchev–Trinajstić information content (AvgIpc) is 3.11. The minimum absolute atomic E-state index is 0.0843. The number of carbonyl (C=O) groups is 1. The quantitative estimate of drug-likeness (QED) is 0.473. The number of thioether (sulfide) groups is 1. The van der Waals surface area contributed by atoms with Crippen LogP contribution in [0.4, 0.5) is 8.78 Å². The first kappa shape index (κ1) is 19.0. The van der Waals surface area contributed by atoms with Crippen LogP contribution >= 0.6 is 11.8 Å². The molecule has 0 radical (unpaired) electrons. The SMILES string of the molecule is COc1ccc(C)cc1-n1nnnc1S[C@@H](C)C(=O)c1ccc(F)c(F)c1. The molecule has 0 fully saturated rings. The summed E-state index contributed by atoms with van der Waals surface area (Å²) in [5, 5.41) is 11.4. The lowest BCUT2D eigenvalue weighted by Gasteiger charge is -2.12. The van der Waals surface area contributed by atoms with Crippen LogP contribution in [-0.4, -0.2) is 38.4 Å². The van der Waals surface area contributed by atoms with Crippen LogP contribution in [0.1, 0.15) is 22.8 Å². The molecule has 0 saturated heterocycles. The van der Waals surface area contributed by atoms with Crippen molar-refractivity contribution in [1.82, 2.24) is 20.2 Å². The molecule has 0 unspecified atom stereocenters. The second-order valence-corrected chi connectivity index (χ2v) is 7.11. The van der Waals surface area contributed by atoms with Crippen LogP contribution in [0.3, 0.4) is 0 Å². The molecule has 1 aromatic heterocycles. The van der Waals surface area contributed by atoms with Gasteiger partial charge in [0.05, 0.1) is 12.4 Å². The Bertz CT molecular complexity index is 993. The van der Waals surface area contributed by atoms with Crippen molar-refractivity contribution in [3.05, 3.63) is 59.2 Å². The second kappa shape index (κ2) is 7.83. The Morgan fingerprint density at radius 2 is 1.96 bits per heavy atom.